The molecule has 9 nitrogen and oxygen atoms in total. The molecule has 2 aliphatic rings. The minimum Gasteiger partial charge on any atom is -0.442 e. The summed E-state index contributed by atoms with van der Waals surface area (Å²) in [6.45, 7) is 7.34. The normalized spacial score (nSPS) is 26.8. The van der Waals surface area contributed by atoms with Gasteiger partial charge in [-0.15, -0.1) is 0 Å². The topological polar surface area (TPSA) is 114 Å². The van der Waals surface area contributed by atoms with Gasteiger partial charge in [0.15, 0.2) is 17.3 Å². The summed E-state index contributed by atoms with van der Waals surface area (Å²) in [6, 6.07) is 0.265. The Morgan fingerprint density at radius 1 is 1.40 bits per heavy atom. The summed E-state index contributed by atoms with van der Waals surface area (Å²) in [5, 5.41) is 17.6. The van der Waals surface area contributed by atoms with E-state index in [4.69, 9.17) is 14.7 Å². The first-order chi connectivity index (χ1) is 14.4. The van der Waals surface area contributed by atoms with Gasteiger partial charge >= 0.3 is 6.09 Å². The van der Waals surface area contributed by atoms with Gasteiger partial charge < -0.3 is 25.0 Å². The molecule has 1 saturated carbocycles. The van der Waals surface area contributed by atoms with Crippen molar-refractivity contribution < 1.29 is 14.6 Å². The van der Waals surface area contributed by atoms with E-state index < -0.39 is 11.7 Å². The average molecular weight is 417 g/mol. The maximum atomic E-state index is 11.4. The van der Waals surface area contributed by atoms with Gasteiger partial charge in [-0.2, -0.15) is 0 Å². The fourth-order valence-corrected chi connectivity index (χ4v) is 4.55. The molecule has 2 fully saturated rings. The van der Waals surface area contributed by atoms with E-state index in [1.807, 2.05) is 4.57 Å². The summed E-state index contributed by atoms with van der Waals surface area (Å²) < 4.78 is 7.17. The number of fused-ring (bicyclic) bond motifs is 1. The molecule has 9 heteroatoms. The Labute approximate surface area is 176 Å². The van der Waals surface area contributed by atoms with Crippen LogP contribution in [-0.4, -0.2) is 49.4 Å². The van der Waals surface area contributed by atoms with E-state index in [1.54, 1.807) is 6.33 Å². The molecule has 4 rings (SSSR count). The third-order valence-electron chi connectivity index (χ3n) is 6.33. The van der Waals surface area contributed by atoms with Crippen LogP contribution in [-0.2, 0) is 16.9 Å². The molecular weight excluding hydrogens is 384 g/mol. The van der Waals surface area contributed by atoms with Crippen molar-refractivity contribution in [2.75, 3.05) is 11.9 Å². The number of aromatic nitrogens is 4. The molecule has 0 radical (unpaired) electrons. The molecule has 1 unspecified atom stereocenters. The molecule has 0 aromatic carbocycles. The number of aliphatic hydroxyl groups is 1. The monoisotopic (exact) mass is 416 g/mol. The van der Waals surface area contributed by atoms with Gasteiger partial charge in [0.05, 0.1) is 19.4 Å². The van der Waals surface area contributed by atoms with Crippen molar-refractivity contribution in [3.05, 3.63) is 12.2 Å². The molecular formula is C21H32N6O3. The fraction of sp³-hybridized carbons (Fsp3) is 0.714. The highest BCUT2D eigenvalue weighted by molar-refractivity contribution is 5.83. The zero-order valence-electron chi connectivity index (χ0n) is 18.0. The van der Waals surface area contributed by atoms with E-state index in [0.717, 1.165) is 25.7 Å². The third-order valence-corrected chi connectivity index (χ3v) is 6.33. The summed E-state index contributed by atoms with van der Waals surface area (Å²) in [4.78, 5) is 25.5. The van der Waals surface area contributed by atoms with Crippen LogP contribution in [0.3, 0.4) is 0 Å². The number of anilines is 1. The van der Waals surface area contributed by atoms with Crippen molar-refractivity contribution in [3.8, 4) is 0 Å². The molecule has 30 heavy (non-hydrogen) atoms. The predicted octanol–water partition coefficient (Wildman–Crippen LogP) is 2.93. The summed E-state index contributed by atoms with van der Waals surface area (Å²) in [7, 11) is 0. The van der Waals surface area contributed by atoms with Crippen molar-refractivity contribution >= 4 is 23.1 Å². The maximum absolute atomic E-state index is 11.4. The molecule has 3 heterocycles. The van der Waals surface area contributed by atoms with Crippen molar-refractivity contribution in [1.82, 2.24) is 24.8 Å². The highest BCUT2D eigenvalue weighted by Crippen LogP contribution is 2.39. The minimum atomic E-state index is -1.04. The number of nitrogens with one attached hydrogen (secondary N) is 2. The molecule has 0 spiro atoms. The number of imidazole rings is 1. The van der Waals surface area contributed by atoms with Crippen LogP contribution in [0.15, 0.2) is 6.33 Å². The number of hydrogen-bond donors (Lipinski definition) is 3. The SMILES string of the molecule is CCC(CC)Nc1nc([C@]2(O)CCC[C@@H](C)C2)nc2c1ncn2CC1CNC(=O)O1. The zero-order valence-corrected chi connectivity index (χ0v) is 18.0. The third kappa shape index (κ3) is 4.08. The van der Waals surface area contributed by atoms with Gasteiger partial charge in [-0.25, -0.2) is 19.7 Å². The van der Waals surface area contributed by atoms with Crippen molar-refractivity contribution in [1.29, 1.82) is 0 Å². The average Bonchev–Trinajstić information content (AvgIpc) is 3.32. The Morgan fingerprint density at radius 3 is 2.87 bits per heavy atom. The summed E-state index contributed by atoms with van der Waals surface area (Å²) in [6.07, 6.45) is 6.33. The Morgan fingerprint density at radius 2 is 2.20 bits per heavy atom. The Balaban J connectivity index is 1.75. The van der Waals surface area contributed by atoms with E-state index in [2.05, 4.69) is 36.4 Å². The van der Waals surface area contributed by atoms with Crippen molar-refractivity contribution in [2.24, 2.45) is 5.92 Å². The first-order valence-electron chi connectivity index (χ1n) is 11.1. The van der Waals surface area contributed by atoms with E-state index in [0.29, 0.717) is 54.7 Å². The molecule has 1 saturated heterocycles. The predicted molar refractivity (Wildman–Crippen MR) is 113 cm³/mol. The number of carbonyl (C=O) groups excluding carboxylic acids is 1. The molecule has 1 aliphatic heterocycles. The number of carbonyl (C=O) groups is 1. The number of hydrogen-bond acceptors (Lipinski definition) is 7. The van der Waals surface area contributed by atoms with Crippen LogP contribution in [0.25, 0.3) is 11.2 Å². The van der Waals surface area contributed by atoms with E-state index in [-0.39, 0.29) is 12.1 Å². The van der Waals surface area contributed by atoms with Gasteiger partial charge in [0.2, 0.25) is 0 Å². The molecule has 2 aromatic rings. The molecule has 164 valence electrons. The van der Waals surface area contributed by atoms with Gasteiger partial charge in [0, 0.05) is 6.04 Å². The number of amides is 1. The fourth-order valence-electron chi connectivity index (χ4n) is 4.55. The van der Waals surface area contributed by atoms with Crippen molar-refractivity contribution in [2.45, 2.75) is 83.6 Å². The lowest BCUT2D eigenvalue weighted by molar-refractivity contribution is -0.0253. The Hall–Kier alpha value is -2.42. The smallest absolute Gasteiger partial charge is 0.407 e. The van der Waals surface area contributed by atoms with Gasteiger partial charge in [-0.1, -0.05) is 27.2 Å². The first-order valence-corrected chi connectivity index (χ1v) is 11.1. The molecule has 0 bridgehead atoms. The first kappa shape index (κ1) is 20.8. The van der Waals surface area contributed by atoms with Crippen LogP contribution >= 0.6 is 0 Å². The molecule has 1 aliphatic carbocycles. The van der Waals surface area contributed by atoms with Crippen LogP contribution in [0.4, 0.5) is 10.6 Å². The van der Waals surface area contributed by atoms with Gasteiger partial charge in [-0.05, 0) is 38.0 Å². The lowest BCUT2D eigenvalue weighted by atomic mass is 9.78. The standard InChI is InChI=1S/C21H32N6O3/c1-4-14(5-2)24-17-16-18(27(12-23-16)11-15-10-22-20(28)30-15)26-19(25-17)21(29)8-6-7-13(3)9-21/h12-15,29H,4-11H2,1-3H3,(H,22,28)(H,24,25,26)/t13-,15?,21+/m1/s1. The number of alkyl carbamates (subject to hydrolysis) is 1. The second-order valence-electron chi connectivity index (χ2n) is 8.76. The molecule has 2 aromatic heterocycles. The van der Waals surface area contributed by atoms with Gasteiger partial charge in [-0.3, -0.25) is 0 Å². The molecule has 3 N–H and O–H groups in total. The zero-order chi connectivity index (χ0) is 21.3. The number of nitrogens with zero attached hydrogens (tertiary/aromatic N) is 4. The van der Waals surface area contributed by atoms with Crippen LogP contribution < -0.4 is 10.6 Å². The van der Waals surface area contributed by atoms with Crippen LogP contribution in [0, 0.1) is 5.92 Å². The Bertz CT molecular complexity index is 912. The second kappa shape index (κ2) is 8.37. The van der Waals surface area contributed by atoms with Crippen LogP contribution in [0.2, 0.25) is 0 Å². The van der Waals surface area contributed by atoms with Crippen molar-refractivity contribution in [3.63, 3.8) is 0 Å². The second-order valence-corrected chi connectivity index (χ2v) is 8.76. The number of cyclic esters (lactones) is 1. The lowest BCUT2D eigenvalue weighted by Gasteiger charge is -2.34. The van der Waals surface area contributed by atoms with E-state index >= 15 is 0 Å². The highest BCUT2D eigenvalue weighted by Gasteiger charge is 2.38. The minimum absolute atomic E-state index is 0.265. The highest BCUT2D eigenvalue weighted by atomic mass is 16.6. The Kier molecular flexibility index (Phi) is 5.81. The van der Waals surface area contributed by atoms with Crippen LogP contribution in [0.1, 0.15) is 65.1 Å². The summed E-state index contributed by atoms with van der Waals surface area (Å²) in [5.41, 5.74) is 0.297. The largest absolute Gasteiger partial charge is 0.442 e. The maximum Gasteiger partial charge on any atom is 0.407 e. The van der Waals surface area contributed by atoms with Crippen LogP contribution in [0.5, 0.6) is 0 Å². The van der Waals surface area contributed by atoms with E-state index in [1.165, 1.54) is 0 Å². The molecule has 3 atom stereocenters. The van der Waals surface area contributed by atoms with E-state index in [9.17, 15) is 9.90 Å². The van der Waals surface area contributed by atoms with Gasteiger partial charge in [0.1, 0.15) is 17.2 Å². The molecule has 1 amide bonds. The number of ether oxygens (including phenoxy) is 1. The number of rotatable bonds is 7. The quantitative estimate of drug-likeness (QED) is 0.636. The summed E-state index contributed by atoms with van der Waals surface area (Å²) >= 11 is 0. The van der Waals surface area contributed by atoms with Gasteiger partial charge in [0.25, 0.3) is 0 Å². The summed E-state index contributed by atoms with van der Waals surface area (Å²) in [5.74, 6) is 1.54. The lowest BCUT2D eigenvalue weighted by Crippen LogP contribution is -2.34.